The van der Waals surface area contributed by atoms with Crippen molar-refractivity contribution in [2.24, 2.45) is 0 Å². The number of amides is 1. The Morgan fingerprint density at radius 1 is 1.25 bits per heavy atom. The number of carbonyl (C=O) groups is 1. The van der Waals surface area contributed by atoms with Crippen molar-refractivity contribution in [3.63, 3.8) is 0 Å². The molecule has 3 atom stereocenters. The number of halogens is 3. The van der Waals surface area contributed by atoms with Crippen molar-refractivity contribution < 1.29 is 18.3 Å². The SMILES string of the molecule is C=CC(=O)N1C[C@H](C)N(c2nc(OCCN3CCC(C)(F)C3)nc3c(F)c(-c4c(C)ccc5cn[nH]c45)c(Cl)cc23)C[C@H]1C. The van der Waals surface area contributed by atoms with Crippen molar-refractivity contribution >= 4 is 45.1 Å². The largest absolute Gasteiger partial charge is 0.462 e. The summed E-state index contributed by atoms with van der Waals surface area (Å²) in [5, 5.41) is 8.61. The number of ether oxygens (including phenoxy) is 1. The Morgan fingerprint density at radius 3 is 2.77 bits per heavy atom. The predicted octanol–water partition coefficient (Wildman–Crippen LogP) is 5.70. The van der Waals surface area contributed by atoms with Crippen molar-refractivity contribution in [2.45, 2.75) is 51.9 Å². The fourth-order valence-electron chi connectivity index (χ4n) is 6.43. The van der Waals surface area contributed by atoms with E-state index in [-0.39, 0.29) is 46.7 Å². The molecule has 0 saturated carbocycles. The van der Waals surface area contributed by atoms with E-state index >= 15 is 4.39 Å². The summed E-state index contributed by atoms with van der Waals surface area (Å²) in [6.07, 6.45) is 3.47. The second kappa shape index (κ2) is 11.6. The lowest BCUT2D eigenvalue weighted by Gasteiger charge is -2.44. The average Bonchev–Trinajstić information content (AvgIpc) is 3.60. The lowest BCUT2D eigenvalue weighted by atomic mass is 9.96. The molecule has 0 spiro atoms. The number of hydrogen-bond donors (Lipinski definition) is 1. The molecule has 44 heavy (non-hydrogen) atoms. The lowest BCUT2D eigenvalue weighted by Crippen LogP contribution is -2.58. The van der Waals surface area contributed by atoms with Crippen molar-refractivity contribution in [1.29, 1.82) is 0 Å². The molecule has 2 aromatic carbocycles. The van der Waals surface area contributed by atoms with Gasteiger partial charge in [-0.15, -0.1) is 0 Å². The molecule has 1 N–H and O–H groups in total. The second-order valence-electron chi connectivity index (χ2n) is 12.2. The zero-order chi connectivity index (χ0) is 31.3. The van der Waals surface area contributed by atoms with Gasteiger partial charge in [-0.25, -0.2) is 8.78 Å². The maximum atomic E-state index is 16.8. The number of aromatic nitrogens is 4. The molecule has 1 amide bonds. The minimum atomic E-state index is -1.22. The molecule has 4 aromatic rings. The third-order valence-corrected chi connectivity index (χ3v) is 9.07. The van der Waals surface area contributed by atoms with E-state index in [1.165, 1.54) is 6.08 Å². The highest BCUT2D eigenvalue weighted by atomic mass is 35.5. The molecule has 0 aliphatic carbocycles. The van der Waals surface area contributed by atoms with Gasteiger partial charge in [0, 0.05) is 66.7 Å². The molecule has 2 aliphatic heterocycles. The first-order valence-corrected chi connectivity index (χ1v) is 15.2. The van der Waals surface area contributed by atoms with Crippen LogP contribution in [0.4, 0.5) is 14.6 Å². The first kappa shape index (κ1) is 30.2. The van der Waals surface area contributed by atoms with Gasteiger partial charge in [-0.05, 0) is 51.8 Å². The van der Waals surface area contributed by atoms with E-state index in [9.17, 15) is 9.18 Å². The molecule has 0 radical (unpaired) electrons. The molecular formula is C32H36ClF2N7O2. The third-order valence-electron chi connectivity index (χ3n) is 8.78. The quantitative estimate of drug-likeness (QED) is 0.264. The van der Waals surface area contributed by atoms with Gasteiger partial charge in [0.25, 0.3) is 0 Å². The van der Waals surface area contributed by atoms with Crippen LogP contribution in [0.1, 0.15) is 32.8 Å². The van der Waals surface area contributed by atoms with Crippen LogP contribution in [0.2, 0.25) is 5.02 Å². The number of piperazine rings is 1. The highest BCUT2D eigenvalue weighted by Crippen LogP contribution is 2.42. The van der Waals surface area contributed by atoms with Crippen LogP contribution < -0.4 is 9.64 Å². The fraction of sp³-hybridized carbons (Fsp3) is 0.438. The number of benzene rings is 2. The zero-order valence-electron chi connectivity index (χ0n) is 25.3. The number of hydrogen-bond acceptors (Lipinski definition) is 7. The highest BCUT2D eigenvalue weighted by Gasteiger charge is 2.35. The summed E-state index contributed by atoms with van der Waals surface area (Å²) in [5.41, 5.74) is 1.17. The molecular weight excluding hydrogens is 588 g/mol. The third kappa shape index (κ3) is 5.47. The van der Waals surface area contributed by atoms with Crippen LogP contribution in [-0.4, -0.2) is 93.0 Å². The Morgan fingerprint density at radius 2 is 2.05 bits per heavy atom. The van der Waals surface area contributed by atoms with E-state index in [0.29, 0.717) is 61.4 Å². The Labute approximate surface area is 259 Å². The van der Waals surface area contributed by atoms with Gasteiger partial charge >= 0.3 is 6.01 Å². The van der Waals surface area contributed by atoms with Gasteiger partial charge in [-0.3, -0.25) is 14.8 Å². The molecule has 9 nitrogen and oxygen atoms in total. The van der Waals surface area contributed by atoms with E-state index in [2.05, 4.69) is 21.8 Å². The van der Waals surface area contributed by atoms with Crippen LogP contribution in [0.25, 0.3) is 32.9 Å². The van der Waals surface area contributed by atoms with Crippen LogP contribution >= 0.6 is 11.6 Å². The Kier molecular flexibility index (Phi) is 7.96. The number of H-pyrrole nitrogens is 1. The van der Waals surface area contributed by atoms with Crippen molar-refractivity contribution in [1.82, 2.24) is 30.0 Å². The van der Waals surface area contributed by atoms with Gasteiger partial charge in [0.15, 0.2) is 5.82 Å². The number of fused-ring (bicyclic) bond motifs is 2. The first-order valence-electron chi connectivity index (χ1n) is 14.8. The van der Waals surface area contributed by atoms with Gasteiger partial charge in [0.05, 0.1) is 16.7 Å². The van der Waals surface area contributed by atoms with Crippen molar-refractivity contribution in [3.05, 3.63) is 53.5 Å². The van der Waals surface area contributed by atoms with Gasteiger partial charge in [-0.1, -0.05) is 30.3 Å². The molecule has 2 aliphatic rings. The number of alkyl halides is 1. The summed E-state index contributed by atoms with van der Waals surface area (Å²) in [6.45, 7) is 13.6. The first-order chi connectivity index (χ1) is 21.0. The Hall–Kier alpha value is -3.83. The highest BCUT2D eigenvalue weighted by molar-refractivity contribution is 6.35. The maximum absolute atomic E-state index is 16.8. The number of nitrogens with zero attached hydrogens (tertiary/aromatic N) is 6. The maximum Gasteiger partial charge on any atom is 0.319 e. The number of anilines is 1. The van der Waals surface area contributed by atoms with Gasteiger partial charge in [0.1, 0.15) is 23.6 Å². The monoisotopic (exact) mass is 623 g/mol. The molecule has 2 saturated heterocycles. The summed E-state index contributed by atoms with van der Waals surface area (Å²) in [6, 6.07) is 5.23. The van der Waals surface area contributed by atoms with Crippen LogP contribution in [-0.2, 0) is 4.79 Å². The number of aryl methyl sites for hydroxylation is 1. The smallest absolute Gasteiger partial charge is 0.319 e. The summed E-state index contributed by atoms with van der Waals surface area (Å²) in [5.74, 6) is -0.273. The number of nitrogens with one attached hydrogen (secondary N) is 1. The molecule has 1 unspecified atom stereocenters. The standard InChI is InChI=1S/C32H36ClF2N7O2/c1-6-24(43)41-15-20(4)42(16-19(41)3)30-22-13-23(33)26(25-18(2)7-8-21-14-36-39-28(21)25)27(34)29(22)37-31(38-30)44-12-11-40-10-9-32(5,35)17-40/h6-8,13-14,19-20H,1,9-12,15-17H2,2-5H3,(H,36,39)/t19-,20+,32?/m1/s1. The Bertz CT molecular complexity index is 1760. The minimum Gasteiger partial charge on any atom is -0.462 e. The summed E-state index contributed by atoms with van der Waals surface area (Å²) >= 11 is 6.88. The van der Waals surface area contributed by atoms with E-state index < -0.39 is 11.5 Å². The van der Waals surface area contributed by atoms with Crippen LogP contribution in [0.3, 0.4) is 0 Å². The second-order valence-corrected chi connectivity index (χ2v) is 12.6. The average molecular weight is 624 g/mol. The summed E-state index contributed by atoms with van der Waals surface area (Å²) < 4.78 is 37.2. The van der Waals surface area contributed by atoms with E-state index in [4.69, 9.17) is 21.3 Å². The lowest BCUT2D eigenvalue weighted by molar-refractivity contribution is -0.128. The van der Waals surface area contributed by atoms with Crippen LogP contribution in [0, 0.1) is 12.7 Å². The zero-order valence-corrected chi connectivity index (χ0v) is 26.1. The van der Waals surface area contributed by atoms with Crippen LogP contribution in [0.15, 0.2) is 37.1 Å². The van der Waals surface area contributed by atoms with Gasteiger partial charge in [0.2, 0.25) is 5.91 Å². The van der Waals surface area contributed by atoms with E-state index in [0.717, 1.165) is 10.9 Å². The van der Waals surface area contributed by atoms with Crippen molar-refractivity contribution in [2.75, 3.05) is 44.2 Å². The molecule has 232 valence electrons. The summed E-state index contributed by atoms with van der Waals surface area (Å²) in [4.78, 5) is 27.6. The van der Waals surface area contributed by atoms with Crippen molar-refractivity contribution in [3.8, 4) is 17.1 Å². The van der Waals surface area contributed by atoms with E-state index in [1.54, 1.807) is 24.1 Å². The number of aromatic amines is 1. The topological polar surface area (TPSA) is 90.5 Å². The number of carbonyl (C=O) groups excluding carboxylic acids is 1. The normalized spacial score (nSPS) is 22.7. The molecule has 6 rings (SSSR count). The molecule has 2 fully saturated rings. The Balaban J connectivity index is 1.45. The van der Waals surface area contributed by atoms with Crippen LogP contribution in [0.5, 0.6) is 6.01 Å². The fourth-order valence-corrected chi connectivity index (χ4v) is 6.72. The molecule has 4 heterocycles. The molecule has 2 aromatic heterocycles. The number of likely N-dealkylation sites (tertiary alicyclic amines) is 1. The summed E-state index contributed by atoms with van der Waals surface area (Å²) in [7, 11) is 0. The van der Waals surface area contributed by atoms with Gasteiger partial charge in [-0.2, -0.15) is 15.1 Å². The molecule has 0 bridgehead atoms. The predicted molar refractivity (Wildman–Crippen MR) is 169 cm³/mol. The van der Waals surface area contributed by atoms with Gasteiger partial charge < -0.3 is 14.5 Å². The minimum absolute atomic E-state index is 0.0165. The molecule has 12 heteroatoms. The van der Waals surface area contributed by atoms with E-state index in [1.807, 2.05) is 42.7 Å². The number of rotatable bonds is 7.